The Morgan fingerprint density at radius 2 is 1.91 bits per heavy atom. The molecule has 3 unspecified atom stereocenters. The number of nitrogens with zero attached hydrogens (tertiary/aromatic N) is 5. The molecule has 4 aromatic rings. The molecule has 1 saturated carbocycles. The van der Waals surface area contributed by atoms with Gasteiger partial charge >= 0.3 is 5.69 Å². The first-order chi connectivity index (χ1) is 21.6. The Morgan fingerprint density at radius 1 is 1.13 bits per heavy atom. The fourth-order valence-corrected chi connectivity index (χ4v) is 5.94. The molecule has 1 saturated heterocycles. The van der Waals surface area contributed by atoms with Gasteiger partial charge < -0.3 is 18.8 Å². The lowest BCUT2D eigenvalue weighted by molar-refractivity contribution is -0.163. The van der Waals surface area contributed by atoms with Gasteiger partial charge in [-0.25, -0.2) is 19.2 Å². The third-order valence-corrected chi connectivity index (χ3v) is 8.78. The summed E-state index contributed by atoms with van der Waals surface area (Å²) >= 11 is 0. The van der Waals surface area contributed by atoms with Crippen LogP contribution < -0.4 is 16.0 Å². The Hall–Kier alpha value is -3.83. The van der Waals surface area contributed by atoms with E-state index in [0.717, 1.165) is 30.4 Å². The second-order valence-electron chi connectivity index (χ2n) is 12.7. The molecule has 0 spiro atoms. The van der Waals surface area contributed by atoms with Gasteiger partial charge in [-0.2, -0.15) is 0 Å². The number of pyridine rings is 1. The van der Waals surface area contributed by atoms with E-state index < -0.39 is 16.9 Å². The van der Waals surface area contributed by atoms with Crippen LogP contribution in [0.4, 0.5) is 4.39 Å². The quantitative estimate of drug-likeness (QED) is 0.195. The van der Waals surface area contributed by atoms with Crippen molar-refractivity contribution in [1.29, 1.82) is 0 Å². The van der Waals surface area contributed by atoms with Gasteiger partial charge in [0.15, 0.2) is 17.5 Å². The van der Waals surface area contributed by atoms with E-state index in [1.54, 1.807) is 23.8 Å². The molecule has 240 valence electrons. The lowest BCUT2D eigenvalue weighted by Crippen LogP contribution is -2.41. The summed E-state index contributed by atoms with van der Waals surface area (Å²) in [5, 5.41) is 0. The van der Waals surface area contributed by atoms with Gasteiger partial charge in [-0.1, -0.05) is 29.8 Å². The van der Waals surface area contributed by atoms with Gasteiger partial charge in [0, 0.05) is 37.9 Å². The molecule has 2 aliphatic rings. The number of alkyl halides is 1. The topological polar surface area (TPSA) is 102 Å². The molecule has 6 rings (SSSR count). The van der Waals surface area contributed by atoms with Gasteiger partial charge in [-0.05, 0) is 77.5 Å². The number of fused-ring (bicyclic) bond motifs is 1. The highest BCUT2D eigenvalue weighted by Gasteiger charge is 2.51. The number of imidazole rings is 1. The number of halogens is 1. The highest BCUT2D eigenvalue weighted by molar-refractivity contribution is 5.78. The molecule has 2 fully saturated rings. The Morgan fingerprint density at radius 3 is 2.60 bits per heavy atom. The molecule has 0 amide bonds. The van der Waals surface area contributed by atoms with Gasteiger partial charge in [0.2, 0.25) is 5.88 Å². The Kier molecular flexibility index (Phi) is 8.92. The molecule has 0 bridgehead atoms. The summed E-state index contributed by atoms with van der Waals surface area (Å²) in [6.07, 6.45) is 5.25. The summed E-state index contributed by atoms with van der Waals surface area (Å²) in [6, 6.07) is 11.4. The first-order valence-electron chi connectivity index (χ1n) is 16.0. The fourth-order valence-electron chi connectivity index (χ4n) is 5.94. The monoisotopic (exact) mass is 619 g/mol. The van der Waals surface area contributed by atoms with Gasteiger partial charge in [-0.15, -0.1) is 0 Å². The number of hydrogen-bond acceptors (Lipinski definition) is 7. The van der Waals surface area contributed by atoms with Gasteiger partial charge in [-0.3, -0.25) is 13.9 Å². The second kappa shape index (κ2) is 12.9. The molecule has 1 aliphatic heterocycles. The number of benzene rings is 1. The summed E-state index contributed by atoms with van der Waals surface area (Å²) in [5.74, 6) is 0.557. The largest absolute Gasteiger partial charge is 0.477 e. The molecule has 11 heteroatoms. The number of ether oxygens (including phenoxy) is 3. The van der Waals surface area contributed by atoms with Crippen LogP contribution in [0.15, 0.2) is 52.2 Å². The Labute approximate surface area is 261 Å². The van der Waals surface area contributed by atoms with Crippen LogP contribution in [0.5, 0.6) is 5.88 Å². The molecular weight excluding hydrogens is 577 g/mol. The summed E-state index contributed by atoms with van der Waals surface area (Å²) in [6.45, 7) is 9.18. The molecule has 3 aromatic heterocycles. The average molecular weight is 620 g/mol. The van der Waals surface area contributed by atoms with Crippen LogP contribution in [-0.2, 0) is 22.6 Å². The minimum atomic E-state index is -1.24. The third-order valence-electron chi connectivity index (χ3n) is 8.78. The lowest BCUT2D eigenvalue weighted by atomic mass is 10.1. The normalized spacial score (nSPS) is 21.5. The predicted octanol–water partition coefficient (Wildman–Crippen LogP) is 5.42. The van der Waals surface area contributed by atoms with Crippen molar-refractivity contribution in [2.75, 3.05) is 19.8 Å². The first kappa shape index (κ1) is 31.2. The molecule has 1 aromatic carbocycles. The fraction of sp³-hybridized carbons (Fsp3) is 0.529. The predicted molar refractivity (Wildman–Crippen MR) is 169 cm³/mol. The van der Waals surface area contributed by atoms with Crippen LogP contribution in [0.3, 0.4) is 0 Å². The maximum Gasteiger partial charge on any atom is 0.332 e. The van der Waals surface area contributed by atoms with Gasteiger partial charge in [0.05, 0.1) is 18.8 Å². The van der Waals surface area contributed by atoms with E-state index in [4.69, 9.17) is 19.2 Å². The van der Waals surface area contributed by atoms with Crippen molar-refractivity contribution < 1.29 is 18.6 Å². The van der Waals surface area contributed by atoms with Crippen LogP contribution in [0, 0.1) is 12.8 Å². The highest BCUT2D eigenvalue weighted by atomic mass is 19.1. The van der Waals surface area contributed by atoms with Crippen molar-refractivity contribution in [3.8, 4) is 17.3 Å². The zero-order chi connectivity index (χ0) is 31.7. The summed E-state index contributed by atoms with van der Waals surface area (Å²) in [5.41, 5.74) is 1.21. The lowest BCUT2D eigenvalue weighted by Gasteiger charge is -2.22. The zero-order valence-electron chi connectivity index (χ0n) is 26.5. The van der Waals surface area contributed by atoms with Crippen molar-refractivity contribution in [3.63, 3.8) is 0 Å². The molecule has 1 aliphatic carbocycles. The van der Waals surface area contributed by atoms with E-state index in [0.29, 0.717) is 61.0 Å². The first-order valence-corrected chi connectivity index (χ1v) is 16.0. The SMILES string of the molecule is Cc1ccc(Cn2c(-c3cccnc3OCC3CC3(C)F)nc3c2c(=O)n(CCCOC2CCCCO2)c(=O)n3C(C)C)cc1. The summed E-state index contributed by atoms with van der Waals surface area (Å²) in [4.78, 5) is 37.5. The maximum absolute atomic E-state index is 14.3. The third kappa shape index (κ3) is 6.60. The minimum absolute atomic E-state index is 0.187. The van der Waals surface area contributed by atoms with Crippen molar-refractivity contribution in [3.05, 3.63) is 74.6 Å². The smallest absolute Gasteiger partial charge is 0.332 e. The Balaban J connectivity index is 1.43. The second-order valence-corrected chi connectivity index (χ2v) is 12.7. The van der Waals surface area contributed by atoms with Crippen LogP contribution in [0.25, 0.3) is 22.6 Å². The summed E-state index contributed by atoms with van der Waals surface area (Å²) in [7, 11) is 0. The van der Waals surface area contributed by atoms with E-state index in [1.807, 2.05) is 55.7 Å². The van der Waals surface area contributed by atoms with Gasteiger partial charge in [0.1, 0.15) is 11.5 Å². The van der Waals surface area contributed by atoms with Crippen LogP contribution in [0.1, 0.15) is 70.0 Å². The van der Waals surface area contributed by atoms with Crippen molar-refractivity contribution in [2.45, 2.75) is 90.9 Å². The number of aryl methyl sites for hydroxylation is 1. The van der Waals surface area contributed by atoms with Crippen molar-refractivity contribution >= 4 is 11.2 Å². The molecule has 3 atom stereocenters. The highest BCUT2D eigenvalue weighted by Crippen LogP contribution is 2.47. The molecule has 10 nitrogen and oxygen atoms in total. The standard InChI is InChI=1S/C34H42FN5O5/c1-22(2)40-30-28(32(41)38(33(40)42)16-8-18-44-27-10-5-6-17-43-27)39(20-24-13-11-23(3)12-14-24)29(37-30)26-9-7-15-36-31(26)45-21-25-19-34(25,4)35/h7,9,11-15,22,25,27H,5-6,8,10,16-21H2,1-4H3. The van der Waals surface area contributed by atoms with E-state index in [2.05, 4.69) is 4.98 Å². The van der Waals surface area contributed by atoms with Crippen LogP contribution in [-0.4, -0.2) is 55.4 Å². The minimum Gasteiger partial charge on any atom is -0.477 e. The van der Waals surface area contributed by atoms with Gasteiger partial charge in [0.25, 0.3) is 5.56 Å². The number of hydrogen-bond donors (Lipinski definition) is 0. The number of rotatable bonds is 12. The van der Waals surface area contributed by atoms with E-state index in [9.17, 15) is 14.0 Å². The average Bonchev–Trinajstić information content (AvgIpc) is 3.48. The van der Waals surface area contributed by atoms with Crippen molar-refractivity contribution in [1.82, 2.24) is 23.7 Å². The van der Waals surface area contributed by atoms with Crippen molar-refractivity contribution in [2.24, 2.45) is 5.92 Å². The van der Waals surface area contributed by atoms with E-state index in [-0.39, 0.29) is 31.4 Å². The van der Waals surface area contributed by atoms with Crippen LogP contribution in [0.2, 0.25) is 0 Å². The molecule has 4 heterocycles. The zero-order valence-corrected chi connectivity index (χ0v) is 26.5. The molecule has 45 heavy (non-hydrogen) atoms. The maximum atomic E-state index is 14.3. The molecule has 0 radical (unpaired) electrons. The van der Waals surface area contributed by atoms with Crippen LogP contribution >= 0.6 is 0 Å². The Bertz CT molecular complexity index is 1770. The van der Waals surface area contributed by atoms with E-state index >= 15 is 0 Å². The molecule has 0 N–H and O–H groups in total. The van der Waals surface area contributed by atoms with E-state index in [1.165, 1.54) is 4.57 Å². The summed E-state index contributed by atoms with van der Waals surface area (Å²) < 4.78 is 36.6. The number of aromatic nitrogens is 5. The molecular formula is C34H42FN5O5.